The predicted octanol–water partition coefficient (Wildman–Crippen LogP) is 3.03. The van der Waals surface area contributed by atoms with Crippen molar-refractivity contribution in [3.05, 3.63) is 29.1 Å². The molecular formula is C16H26N4O3. The smallest absolute Gasteiger partial charge is 0.339 e. The summed E-state index contributed by atoms with van der Waals surface area (Å²) in [6.07, 6.45) is 3.19. The number of carboxylic acids is 1. The molecule has 0 fully saturated rings. The minimum atomic E-state index is -1.15. The molecule has 7 heteroatoms. The van der Waals surface area contributed by atoms with Crippen LogP contribution in [-0.4, -0.2) is 28.7 Å². The first-order chi connectivity index (χ1) is 11.0. The highest BCUT2D eigenvalue weighted by molar-refractivity contribution is 6.09. The van der Waals surface area contributed by atoms with Crippen molar-refractivity contribution in [1.82, 2.24) is 4.98 Å². The van der Waals surface area contributed by atoms with Gasteiger partial charge in [-0.05, 0) is 19.4 Å². The van der Waals surface area contributed by atoms with Crippen molar-refractivity contribution in [2.24, 2.45) is 10.7 Å². The summed E-state index contributed by atoms with van der Waals surface area (Å²) in [5.41, 5.74) is 6.78. The Morgan fingerprint density at radius 2 is 1.91 bits per heavy atom. The van der Waals surface area contributed by atoms with Crippen LogP contribution in [0.25, 0.3) is 0 Å². The fourth-order valence-electron chi connectivity index (χ4n) is 1.25. The summed E-state index contributed by atoms with van der Waals surface area (Å²) in [6, 6.07) is 1.53. The van der Waals surface area contributed by atoms with E-state index in [2.05, 4.69) is 15.3 Å². The maximum absolute atomic E-state index is 10.9. The van der Waals surface area contributed by atoms with Crippen LogP contribution in [0.2, 0.25) is 0 Å². The molecule has 128 valence electrons. The zero-order chi connectivity index (χ0) is 18.4. The number of amides is 1. The second kappa shape index (κ2) is 13.0. The van der Waals surface area contributed by atoms with E-state index in [1.165, 1.54) is 25.4 Å². The highest BCUT2D eigenvalue weighted by Crippen LogP contribution is 2.20. The molecule has 0 unspecified atom stereocenters. The van der Waals surface area contributed by atoms with Crippen LogP contribution in [0.4, 0.5) is 11.5 Å². The molecule has 0 radical (unpaired) electrons. The Labute approximate surface area is 137 Å². The SMILES string of the molecule is C/C(N)=C(/C=Nc1cc(NC=O)ncc1C)C(=O)O.CC.CC. The average molecular weight is 322 g/mol. The van der Waals surface area contributed by atoms with E-state index in [1.54, 1.807) is 6.92 Å². The Kier molecular flexibility index (Phi) is 12.8. The number of carbonyl (C=O) groups excluding carboxylic acids is 1. The summed E-state index contributed by atoms with van der Waals surface area (Å²) in [7, 11) is 0. The number of hydrogen-bond acceptors (Lipinski definition) is 5. The van der Waals surface area contributed by atoms with Crippen LogP contribution < -0.4 is 11.1 Å². The molecule has 1 amide bonds. The van der Waals surface area contributed by atoms with Gasteiger partial charge in [-0.3, -0.25) is 9.79 Å². The molecule has 0 saturated heterocycles. The first kappa shape index (κ1) is 22.6. The number of allylic oxidation sites excluding steroid dienone is 1. The Morgan fingerprint density at radius 1 is 1.35 bits per heavy atom. The number of carbonyl (C=O) groups is 2. The molecule has 0 atom stereocenters. The van der Waals surface area contributed by atoms with Gasteiger partial charge in [-0.15, -0.1) is 0 Å². The van der Waals surface area contributed by atoms with Gasteiger partial charge in [0.15, 0.2) is 0 Å². The van der Waals surface area contributed by atoms with Crippen molar-refractivity contribution in [3.63, 3.8) is 0 Å². The van der Waals surface area contributed by atoms with Crippen LogP contribution in [0.1, 0.15) is 40.2 Å². The lowest BCUT2D eigenvalue weighted by Crippen LogP contribution is -2.09. The van der Waals surface area contributed by atoms with Gasteiger partial charge in [-0.25, -0.2) is 9.78 Å². The van der Waals surface area contributed by atoms with E-state index in [1.807, 2.05) is 27.7 Å². The molecule has 1 aromatic heterocycles. The monoisotopic (exact) mass is 322 g/mol. The fraction of sp³-hybridized carbons (Fsp3) is 0.375. The molecule has 0 saturated carbocycles. The van der Waals surface area contributed by atoms with Gasteiger partial charge >= 0.3 is 5.97 Å². The van der Waals surface area contributed by atoms with Gasteiger partial charge in [0, 0.05) is 24.2 Å². The molecular weight excluding hydrogens is 296 g/mol. The van der Waals surface area contributed by atoms with Crippen LogP contribution >= 0.6 is 0 Å². The zero-order valence-electron chi connectivity index (χ0n) is 14.5. The standard InChI is InChI=1S/C12H14N4O3.2C2H6/c1-7-4-15-11(16-6-17)3-10(7)14-5-9(8(2)13)12(18)19;2*1-2/h3-6H,13H2,1-2H3,(H,18,19)(H,15,16,17);2*1-2H3/b9-8+,14-5?;;. The van der Waals surface area contributed by atoms with Gasteiger partial charge in [0.2, 0.25) is 6.41 Å². The topological polar surface area (TPSA) is 118 Å². The molecule has 7 nitrogen and oxygen atoms in total. The van der Waals surface area contributed by atoms with E-state index >= 15 is 0 Å². The second-order valence-corrected chi connectivity index (χ2v) is 3.78. The zero-order valence-corrected chi connectivity index (χ0v) is 14.5. The number of aliphatic carboxylic acids is 1. The molecule has 0 aliphatic heterocycles. The van der Waals surface area contributed by atoms with E-state index in [9.17, 15) is 9.59 Å². The first-order valence-electron chi connectivity index (χ1n) is 7.36. The van der Waals surface area contributed by atoms with Gasteiger partial charge in [0.1, 0.15) is 5.82 Å². The summed E-state index contributed by atoms with van der Waals surface area (Å²) in [5.74, 6) is -0.820. The summed E-state index contributed by atoms with van der Waals surface area (Å²) >= 11 is 0. The number of hydrogen-bond donors (Lipinski definition) is 3. The summed E-state index contributed by atoms with van der Waals surface area (Å²) < 4.78 is 0. The molecule has 1 rings (SSSR count). The van der Waals surface area contributed by atoms with Crippen molar-refractivity contribution in [1.29, 1.82) is 0 Å². The number of nitrogens with zero attached hydrogens (tertiary/aromatic N) is 2. The lowest BCUT2D eigenvalue weighted by atomic mass is 10.2. The molecule has 0 bridgehead atoms. The highest BCUT2D eigenvalue weighted by atomic mass is 16.4. The lowest BCUT2D eigenvalue weighted by Gasteiger charge is -2.03. The summed E-state index contributed by atoms with van der Waals surface area (Å²) in [5, 5.41) is 11.3. The van der Waals surface area contributed by atoms with Crippen molar-refractivity contribution < 1.29 is 14.7 Å². The summed E-state index contributed by atoms with van der Waals surface area (Å²) in [4.78, 5) is 29.2. The molecule has 23 heavy (non-hydrogen) atoms. The van der Waals surface area contributed by atoms with Gasteiger partial charge in [-0.1, -0.05) is 27.7 Å². The molecule has 1 heterocycles. The first-order valence-corrected chi connectivity index (χ1v) is 7.36. The van der Waals surface area contributed by atoms with Crippen molar-refractivity contribution in [2.45, 2.75) is 41.5 Å². The van der Waals surface area contributed by atoms with Crippen LogP contribution in [0.15, 0.2) is 28.5 Å². The predicted molar refractivity (Wildman–Crippen MR) is 94.0 cm³/mol. The Balaban J connectivity index is 0. The van der Waals surface area contributed by atoms with E-state index in [-0.39, 0.29) is 11.3 Å². The third kappa shape index (κ3) is 8.35. The highest BCUT2D eigenvalue weighted by Gasteiger charge is 2.07. The molecule has 0 aliphatic rings. The Morgan fingerprint density at radius 3 is 2.35 bits per heavy atom. The van der Waals surface area contributed by atoms with Gasteiger partial charge < -0.3 is 16.2 Å². The number of nitrogens with one attached hydrogen (secondary N) is 1. The van der Waals surface area contributed by atoms with E-state index in [0.717, 1.165) is 5.56 Å². The van der Waals surface area contributed by atoms with Gasteiger partial charge in [0.25, 0.3) is 0 Å². The third-order valence-electron chi connectivity index (χ3n) is 2.27. The molecule has 1 aromatic rings. The van der Waals surface area contributed by atoms with Gasteiger partial charge in [0.05, 0.1) is 11.3 Å². The normalized spacial score (nSPS) is 10.5. The average Bonchev–Trinajstić information content (AvgIpc) is 2.54. The molecule has 0 aromatic carbocycles. The van der Waals surface area contributed by atoms with E-state index in [4.69, 9.17) is 10.8 Å². The van der Waals surface area contributed by atoms with Gasteiger partial charge in [-0.2, -0.15) is 0 Å². The van der Waals surface area contributed by atoms with Crippen LogP contribution in [0, 0.1) is 6.92 Å². The largest absolute Gasteiger partial charge is 0.478 e. The summed E-state index contributed by atoms with van der Waals surface area (Å²) in [6.45, 7) is 11.2. The van der Waals surface area contributed by atoms with Crippen LogP contribution in [0.5, 0.6) is 0 Å². The Bertz CT molecular complexity index is 562. The number of nitrogens with two attached hydrogens (primary N) is 1. The minimum absolute atomic E-state index is 0.0823. The number of pyridine rings is 1. The number of rotatable bonds is 5. The van der Waals surface area contributed by atoms with Crippen molar-refractivity contribution >= 4 is 30.1 Å². The molecule has 4 N–H and O–H groups in total. The van der Waals surface area contributed by atoms with Crippen molar-refractivity contribution in [2.75, 3.05) is 5.32 Å². The second-order valence-electron chi connectivity index (χ2n) is 3.78. The van der Waals surface area contributed by atoms with Crippen LogP contribution in [0.3, 0.4) is 0 Å². The Hall–Kier alpha value is -2.70. The number of carboxylic acid groups (broad SMARTS) is 1. The maximum atomic E-state index is 10.9. The molecule has 0 aliphatic carbocycles. The quantitative estimate of drug-likeness (QED) is 0.437. The number of aliphatic imine (C=N–C) groups is 1. The number of anilines is 1. The van der Waals surface area contributed by atoms with Crippen LogP contribution in [-0.2, 0) is 9.59 Å². The molecule has 0 spiro atoms. The van der Waals surface area contributed by atoms with E-state index in [0.29, 0.717) is 17.9 Å². The number of aromatic nitrogens is 1. The minimum Gasteiger partial charge on any atom is -0.478 e. The third-order valence-corrected chi connectivity index (χ3v) is 2.27. The van der Waals surface area contributed by atoms with E-state index < -0.39 is 5.97 Å². The fourth-order valence-corrected chi connectivity index (χ4v) is 1.25. The van der Waals surface area contributed by atoms with Crippen molar-refractivity contribution in [3.8, 4) is 0 Å². The number of aryl methyl sites for hydroxylation is 1. The lowest BCUT2D eigenvalue weighted by molar-refractivity contribution is -0.132. The maximum Gasteiger partial charge on any atom is 0.339 e.